The highest BCUT2D eigenvalue weighted by atomic mass is 79.9. The normalized spacial score (nSPS) is 10.8. The van der Waals surface area contributed by atoms with Gasteiger partial charge in [0.05, 0.1) is 16.8 Å². The van der Waals surface area contributed by atoms with E-state index >= 15 is 0 Å². The van der Waals surface area contributed by atoms with Crippen molar-refractivity contribution in [3.8, 4) is 0 Å². The summed E-state index contributed by atoms with van der Waals surface area (Å²) in [6.45, 7) is 3.50. The summed E-state index contributed by atoms with van der Waals surface area (Å²) < 4.78 is 11.1. The van der Waals surface area contributed by atoms with Gasteiger partial charge in [-0.05, 0) is 22.4 Å². The van der Waals surface area contributed by atoms with Crippen molar-refractivity contribution in [2.24, 2.45) is 0 Å². The minimum absolute atomic E-state index is 0.373. The third-order valence-electron chi connectivity index (χ3n) is 1.79. The molecule has 0 unspecified atom stereocenters. The monoisotopic (exact) mass is 308 g/mol. The van der Waals surface area contributed by atoms with Crippen LogP contribution in [-0.4, -0.2) is 23.7 Å². The Morgan fingerprint density at radius 2 is 2.06 bits per heavy atom. The minimum atomic E-state index is 0.373. The lowest BCUT2D eigenvalue weighted by molar-refractivity contribution is 0.115. The van der Waals surface area contributed by atoms with Crippen molar-refractivity contribution in [2.45, 2.75) is 26.6 Å². The lowest BCUT2D eigenvalue weighted by Crippen LogP contribution is -2.05. The molecule has 90 valence electrons. The van der Waals surface area contributed by atoms with E-state index in [9.17, 15) is 0 Å². The quantitative estimate of drug-likeness (QED) is 0.598. The molecule has 0 aliphatic rings. The molecule has 0 radical (unpaired) electrons. The molecule has 0 saturated carbocycles. The average molecular weight is 310 g/mol. The van der Waals surface area contributed by atoms with E-state index in [0.717, 1.165) is 12.1 Å². The van der Waals surface area contributed by atoms with Gasteiger partial charge in [0.2, 0.25) is 0 Å². The lowest BCUT2D eigenvalue weighted by atomic mass is 10.4. The molecule has 0 amide bonds. The maximum Gasteiger partial charge on any atom is 0.156 e. The topological polar surface area (TPSA) is 44.2 Å². The van der Waals surface area contributed by atoms with Gasteiger partial charge in [-0.15, -0.1) is 0 Å². The van der Waals surface area contributed by atoms with Crippen LogP contribution in [0.15, 0.2) is 4.47 Å². The summed E-state index contributed by atoms with van der Waals surface area (Å²) in [5.74, 6) is 0.578. The van der Waals surface area contributed by atoms with Crippen LogP contribution < -0.4 is 0 Å². The first-order valence-corrected chi connectivity index (χ1v) is 6.13. The van der Waals surface area contributed by atoms with Gasteiger partial charge in [0, 0.05) is 13.7 Å². The molecule has 0 saturated heterocycles. The zero-order valence-corrected chi connectivity index (χ0v) is 11.6. The molecule has 0 aromatic carbocycles. The first-order chi connectivity index (χ1) is 7.69. The van der Waals surface area contributed by atoms with Gasteiger partial charge in [-0.3, -0.25) is 0 Å². The number of hydrogen-bond acceptors (Lipinski definition) is 4. The summed E-state index contributed by atoms with van der Waals surface area (Å²) >= 11 is 9.28. The number of hydrogen-bond donors (Lipinski definition) is 0. The van der Waals surface area contributed by atoms with Gasteiger partial charge in [-0.25, -0.2) is 9.97 Å². The van der Waals surface area contributed by atoms with Gasteiger partial charge in [-0.2, -0.15) is 0 Å². The van der Waals surface area contributed by atoms with Crippen molar-refractivity contribution in [1.29, 1.82) is 0 Å². The Morgan fingerprint density at radius 3 is 2.69 bits per heavy atom. The minimum Gasteiger partial charge on any atom is -0.378 e. The molecule has 16 heavy (non-hydrogen) atoms. The Hall–Kier alpha value is -0.230. The Kier molecular flexibility index (Phi) is 6.20. The van der Waals surface area contributed by atoms with Crippen molar-refractivity contribution < 1.29 is 9.47 Å². The molecule has 0 aliphatic heterocycles. The SMILES string of the molecule is CCCOCc1nc(Cl)c(Br)c(COC)n1. The van der Waals surface area contributed by atoms with Gasteiger partial charge in [-0.1, -0.05) is 18.5 Å². The predicted octanol–water partition coefficient (Wildman–Crippen LogP) is 2.97. The van der Waals surface area contributed by atoms with Crippen molar-refractivity contribution >= 4 is 27.5 Å². The first-order valence-electron chi connectivity index (χ1n) is 4.96. The summed E-state index contributed by atoms with van der Waals surface area (Å²) in [6.07, 6.45) is 0.967. The van der Waals surface area contributed by atoms with E-state index in [0.29, 0.717) is 35.3 Å². The van der Waals surface area contributed by atoms with E-state index < -0.39 is 0 Å². The van der Waals surface area contributed by atoms with Crippen LogP contribution in [0.4, 0.5) is 0 Å². The second kappa shape index (κ2) is 7.17. The highest BCUT2D eigenvalue weighted by Gasteiger charge is 2.10. The van der Waals surface area contributed by atoms with E-state index in [4.69, 9.17) is 21.1 Å². The van der Waals surface area contributed by atoms with Crippen LogP contribution in [0, 0.1) is 0 Å². The highest BCUT2D eigenvalue weighted by molar-refractivity contribution is 9.10. The van der Waals surface area contributed by atoms with Gasteiger partial charge in [0.1, 0.15) is 11.8 Å². The molecule has 0 spiro atoms. The molecule has 0 atom stereocenters. The smallest absolute Gasteiger partial charge is 0.156 e. The number of halogens is 2. The average Bonchev–Trinajstić information content (AvgIpc) is 2.26. The van der Waals surface area contributed by atoms with Crippen molar-refractivity contribution in [2.75, 3.05) is 13.7 Å². The van der Waals surface area contributed by atoms with E-state index in [1.165, 1.54) is 0 Å². The Morgan fingerprint density at radius 1 is 1.31 bits per heavy atom. The van der Waals surface area contributed by atoms with Gasteiger partial charge in [0.25, 0.3) is 0 Å². The fourth-order valence-corrected chi connectivity index (χ4v) is 1.61. The Balaban J connectivity index is 2.77. The second-order valence-corrected chi connectivity index (χ2v) is 4.33. The lowest BCUT2D eigenvalue weighted by Gasteiger charge is -2.07. The van der Waals surface area contributed by atoms with Crippen LogP contribution in [0.1, 0.15) is 24.9 Å². The van der Waals surface area contributed by atoms with E-state index in [-0.39, 0.29) is 0 Å². The third kappa shape index (κ3) is 3.97. The highest BCUT2D eigenvalue weighted by Crippen LogP contribution is 2.24. The number of rotatable bonds is 6. The molecule has 0 bridgehead atoms. The van der Waals surface area contributed by atoms with E-state index in [1.807, 2.05) is 6.92 Å². The van der Waals surface area contributed by atoms with Crippen LogP contribution in [0.2, 0.25) is 5.15 Å². The van der Waals surface area contributed by atoms with Crippen LogP contribution in [-0.2, 0) is 22.7 Å². The zero-order chi connectivity index (χ0) is 12.0. The number of aromatic nitrogens is 2. The maximum atomic E-state index is 5.96. The Bertz CT molecular complexity index is 350. The zero-order valence-electron chi connectivity index (χ0n) is 9.30. The summed E-state index contributed by atoms with van der Waals surface area (Å²) in [5, 5.41) is 0.386. The van der Waals surface area contributed by atoms with Crippen molar-refractivity contribution in [3.05, 3.63) is 21.1 Å². The molecule has 1 rings (SSSR count). The standard InChI is InChI=1S/C10H14BrClN2O2/c1-3-4-16-6-8-13-7(5-15-2)9(11)10(12)14-8/h3-6H2,1-2H3. The van der Waals surface area contributed by atoms with Crippen molar-refractivity contribution in [1.82, 2.24) is 9.97 Å². The van der Waals surface area contributed by atoms with E-state index in [2.05, 4.69) is 25.9 Å². The molecule has 0 aliphatic carbocycles. The summed E-state index contributed by atoms with van der Waals surface area (Å²) in [4.78, 5) is 8.42. The number of ether oxygens (including phenoxy) is 2. The van der Waals surface area contributed by atoms with Crippen LogP contribution in [0.5, 0.6) is 0 Å². The molecule has 1 heterocycles. The largest absolute Gasteiger partial charge is 0.378 e. The maximum absolute atomic E-state index is 5.96. The Labute approximate surface area is 108 Å². The molecule has 6 heteroatoms. The predicted molar refractivity (Wildman–Crippen MR) is 65.4 cm³/mol. The molecule has 0 N–H and O–H groups in total. The van der Waals surface area contributed by atoms with Gasteiger partial charge < -0.3 is 9.47 Å². The fraction of sp³-hybridized carbons (Fsp3) is 0.600. The third-order valence-corrected chi connectivity index (χ3v) is 3.12. The van der Waals surface area contributed by atoms with Gasteiger partial charge >= 0.3 is 0 Å². The van der Waals surface area contributed by atoms with Crippen LogP contribution in [0.25, 0.3) is 0 Å². The number of methoxy groups -OCH3 is 1. The summed E-state index contributed by atoms with van der Waals surface area (Å²) in [5.41, 5.74) is 0.734. The second-order valence-electron chi connectivity index (χ2n) is 3.18. The van der Waals surface area contributed by atoms with Crippen LogP contribution in [0.3, 0.4) is 0 Å². The van der Waals surface area contributed by atoms with Crippen molar-refractivity contribution in [3.63, 3.8) is 0 Å². The fourth-order valence-electron chi connectivity index (χ4n) is 1.12. The molecule has 1 aromatic rings. The molecule has 1 aromatic heterocycles. The first kappa shape index (κ1) is 13.8. The van der Waals surface area contributed by atoms with Crippen LogP contribution >= 0.6 is 27.5 Å². The number of nitrogens with zero attached hydrogens (tertiary/aromatic N) is 2. The van der Waals surface area contributed by atoms with Gasteiger partial charge in [0.15, 0.2) is 5.82 Å². The van der Waals surface area contributed by atoms with E-state index in [1.54, 1.807) is 7.11 Å². The molecular formula is C10H14BrClN2O2. The summed E-state index contributed by atoms with van der Waals surface area (Å²) in [7, 11) is 1.61. The summed E-state index contributed by atoms with van der Waals surface area (Å²) in [6, 6.07) is 0. The molecule has 0 fully saturated rings. The molecular weight excluding hydrogens is 295 g/mol. The molecule has 4 nitrogen and oxygen atoms in total.